The average Bonchev–Trinajstić information content (AvgIpc) is 2.26. The molecule has 0 aliphatic heterocycles. The molecule has 0 aliphatic rings. The van der Waals surface area contributed by atoms with E-state index in [1.54, 1.807) is 0 Å². The Morgan fingerprint density at radius 2 is 1.29 bits per heavy atom. The van der Waals surface area contributed by atoms with Crippen LogP contribution in [0.4, 0.5) is 39.5 Å². The number of hydrogen-bond donors (Lipinski definition) is 0. The third-order valence-corrected chi connectivity index (χ3v) is 4.06. The van der Waals surface area contributed by atoms with Crippen molar-refractivity contribution >= 4 is 16.3 Å². The molecule has 14 heteroatoms. The van der Waals surface area contributed by atoms with E-state index in [2.05, 4.69) is 0 Å². The second kappa shape index (κ2) is 5.30. The number of halogens is 9. The van der Waals surface area contributed by atoms with Crippen LogP contribution in [0.3, 0.4) is 0 Å². The van der Waals surface area contributed by atoms with Gasteiger partial charge in [-0.2, -0.15) is 43.8 Å². The second-order valence-electron chi connectivity index (χ2n) is 3.62. The third-order valence-electron chi connectivity index (χ3n) is 2.18. The molecule has 0 aromatic rings. The first-order valence-electron chi connectivity index (χ1n) is 4.58. The van der Waals surface area contributed by atoms with Crippen LogP contribution in [0.15, 0.2) is 0 Å². The normalized spacial score (nSPS) is 15.4. The van der Waals surface area contributed by atoms with Crippen molar-refractivity contribution in [1.82, 2.24) is 4.31 Å². The van der Waals surface area contributed by atoms with E-state index in [0.29, 0.717) is 0 Å². The number of likely N-dealkylation sites (N-methyl/N-ethyl adjacent to an activating group) is 1. The highest BCUT2D eigenvalue weighted by Gasteiger charge is 2.85. The van der Waals surface area contributed by atoms with Crippen molar-refractivity contribution in [1.29, 1.82) is 0 Å². The average molecular weight is 355 g/mol. The lowest BCUT2D eigenvalue weighted by atomic mass is 10.1. The van der Waals surface area contributed by atoms with Crippen molar-refractivity contribution in [3.05, 3.63) is 0 Å². The fourth-order valence-electron chi connectivity index (χ4n) is 0.922. The summed E-state index contributed by atoms with van der Waals surface area (Å²) < 4.78 is 133. The van der Waals surface area contributed by atoms with E-state index in [1.807, 2.05) is 0 Å². The smallest absolute Gasteiger partial charge is 0.302 e. The number of nitrogens with zero attached hydrogens (tertiary/aromatic N) is 1. The summed E-state index contributed by atoms with van der Waals surface area (Å²) in [6.07, 6.45) is -7.49. The first-order chi connectivity index (χ1) is 8.98. The number of rotatable bonds is 6. The summed E-state index contributed by atoms with van der Waals surface area (Å²) in [7, 11) is -6.54. The quantitative estimate of drug-likeness (QED) is 0.540. The van der Waals surface area contributed by atoms with Gasteiger partial charge in [-0.3, -0.25) is 0 Å². The molecule has 0 fully saturated rings. The van der Waals surface area contributed by atoms with Crippen LogP contribution in [-0.4, -0.2) is 55.9 Å². The van der Waals surface area contributed by atoms with Gasteiger partial charge in [-0.1, -0.05) is 0 Å². The highest BCUT2D eigenvalue weighted by molar-refractivity contribution is 7.90. The molecule has 21 heavy (non-hydrogen) atoms. The minimum atomic E-state index is -7.32. The van der Waals surface area contributed by atoms with Crippen LogP contribution in [0.1, 0.15) is 0 Å². The lowest BCUT2D eigenvalue weighted by molar-refractivity contribution is -0.382. The third kappa shape index (κ3) is 2.82. The number of carbonyl (C=O) groups excluding carboxylic acids is 1. The molecule has 0 unspecified atom stereocenters. The fraction of sp³-hybridized carbons (Fsp3) is 0.857. The van der Waals surface area contributed by atoms with Crippen molar-refractivity contribution < 1.29 is 52.7 Å². The molecular weight excluding hydrogens is 349 g/mol. The maximum absolute atomic E-state index is 13.1. The van der Waals surface area contributed by atoms with Gasteiger partial charge in [0.2, 0.25) is 0 Å². The molecule has 4 nitrogen and oxygen atoms in total. The first-order valence-corrected chi connectivity index (χ1v) is 6.02. The zero-order valence-electron chi connectivity index (χ0n) is 9.77. The Bertz CT molecular complexity index is 498. The first kappa shape index (κ1) is 19.9. The highest BCUT2D eigenvalue weighted by atomic mass is 32.2. The fourth-order valence-corrected chi connectivity index (χ4v) is 2.02. The number of hydrogen-bond acceptors (Lipinski definition) is 3. The number of aldehydes is 1. The van der Waals surface area contributed by atoms with Gasteiger partial charge in [-0.05, 0) is 0 Å². The molecule has 126 valence electrons. The Morgan fingerprint density at radius 1 is 0.905 bits per heavy atom. The number of sulfonamides is 1. The molecule has 0 aromatic carbocycles. The van der Waals surface area contributed by atoms with Crippen LogP contribution < -0.4 is 0 Å². The van der Waals surface area contributed by atoms with Gasteiger partial charge in [0, 0.05) is 7.05 Å². The van der Waals surface area contributed by atoms with Crippen LogP contribution in [-0.2, 0) is 14.8 Å². The van der Waals surface area contributed by atoms with Crippen LogP contribution >= 0.6 is 0 Å². The predicted molar refractivity (Wildman–Crippen MR) is 48.5 cm³/mol. The summed E-state index contributed by atoms with van der Waals surface area (Å²) in [5, 5.41) is -6.81. The Morgan fingerprint density at radius 3 is 1.57 bits per heavy atom. The van der Waals surface area contributed by atoms with Crippen molar-refractivity contribution in [2.45, 2.75) is 23.3 Å². The zero-order chi connectivity index (χ0) is 17.5. The van der Waals surface area contributed by atoms with E-state index >= 15 is 0 Å². The van der Waals surface area contributed by atoms with Crippen molar-refractivity contribution in [3.63, 3.8) is 0 Å². The lowest BCUT2D eigenvalue weighted by Crippen LogP contribution is -2.65. The van der Waals surface area contributed by atoms with Crippen LogP contribution in [0.25, 0.3) is 0 Å². The van der Waals surface area contributed by atoms with Gasteiger partial charge in [0.25, 0.3) is 10.0 Å². The van der Waals surface area contributed by atoms with Gasteiger partial charge >= 0.3 is 23.3 Å². The van der Waals surface area contributed by atoms with Crippen LogP contribution in [0, 0.1) is 0 Å². The number of carbonyl (C=O) groups is 1. The van der Waals surface area contributed by atoms with E-state index < -0.39 is 44.1 Å². The van der Waals surface area contributed by atoms with E-state index in [1.165, 1.54) is 0 Å². The molecule has 0 bridgehead atoms. The van der Waals surface area contributed by atoms with Crippen molar-refractivity contribution in [3.8, 4) is 0 Å². The molecule has 0 heterocycles. The van der Waals surface area contributed by atoms with E-state index in [0.717, 1.165) is 0 Å². The molecular formula is C7H6F9NO3S. The summed E-state index contributed by atoms with van der Waals surface area (Å²) in [5.41, 5.74) is 0. The Balaban J connectivity index is 6.07. The van der Waals surface area contributed by atoms with Crippen molar-refractivity contribution in [2.24, 2.45) is 0 Å². The molecule has 0 radical (unpaired) electrons. The van der Waals surface area contributed by atoms with E-state index in [9.17, 15) is 52.7 Å². The standard InChI is InChI=1S/C7H6F9NO3S/c1-17(2-3-18)21(19,20)7(15,16)5(10,11)4(8,9)6(12,13)14/h3H,2H2,1H3. The van der Waals surface area contributed by atoms with Gasteiger partial charge in [0.1, 0.15) is 6.29 Å². The van der Waals surface area contributed by atoms with E-state index in [-0.39, 0.29) is 13.3 Å². The molecule has 0 rings (SSSR count). The highest BCUT2D eigenvalue weighted by Crippen LogP contribution is 2.55. The minimum Gasteiger partial charge on any atom is -0.302 e. The Labute approximate surface area is 111 Å². The topological polar surface area (TPSA) is 54.5 Å². The summed E-state index contributed by atoms with van der Waals surface area (Å²) in [5.74, 6) is -14.6. The minimum absolute atomic E-state index is 0.124. The lowest BCUT2D eigenvalue weighted by Gasteiger charge is -2.34. The Hall–Kier alpha value is -1.05. The van der Waals surface area contributed by atoms with Gasteiger partial charge in [-0.25, -0.2) is 8.42 Å². The molecule has 0 spiro atoms. The predicted octanol–water partition coefficient (Wildman–Crippen LogP) is 1.87. The van der Waals surface area contributed by atoms with Gasteiger partial charge in [-0.15, -0.1) is 0 Å². The zero-order valence-corrected chi connectivity index (χ0v) is 10.6. The maximum Gasteiger partial charge on any atom is 0.460 e. The molecule has 0 aliphatic carbocycles. The molecule has 0 aromatic heterocycles. The van der Waals surface area contributed by atoms with E-state index in [4.69, 9.17) is 0 Å². The van der Waals surface area contributed by atoms with Gasteiger partial charge in [0.05, 0.1) is 6.54 Å². The van der Waals surface area contributed by atoms with Crippen LogP contribution in [0.2, 0.25) is 0 Å². The summed E-state index contributed by atoms with van der Waals surface area (Å²) in [6, 6.07) is 0. The SMILES string of the molecule is CN(CC=O)S(=O)(=O)C(F)(F)C(F)(F)C(F)(F)C(F)(F)F. The van der Waals surface area contributed by atoms with Gasteiger partial charge in [0.15, 0.2) is 0 Å². The number of alkyl halides is 9. The molecule has 0 saturated heterocycles. The maximum atomic E-state index is 13.1. The van der Waals surface area contributed by atoms with Crippen LogP contribution in [0.5, 0.6) is 0 Å². The van der Waals surface area contributed by atoms with Crippen molar-refractivity contribution in [2.75, 3.05) is 13.6 Å². The molecule has 0 N–H and O–H groups in total. The summed E-state index contributed by atoms with van der Waals surface area (Å²) >= 11 is 0. The van der Waals surface area contributed by atoms with Gasteiger partial charge < -0.3 is 4.79 Å². The monoisotopic (exact) mass is 355 g/mol. The Kier molecular flexibility index (Phi) is 5.03. The summed E-state index contributed by atoms with van der Waals surface area (Å²) in [6.45, 7) is -1.45. The molecule has 0 atom stereocenters. The molecule has 0 saturated carbocycles. The second-order valence-corrected chi connectivity index (χ2v) is 5.70. The largest absolute Gasteiger partial charge is 0.460 e. The summed E-state index contributed by atoms with van der Waals surface area (Å²) in [4.78, 5) is 9.93. The molecule has 0 amide bonds.